The third-order valence-corrected chi connectivity index (χ3v) is 14.8. The average Bonchev–Trinajstić information content (AvgIpc) is 3.19. The van der Waals surface area contributed by atoms with Crippen LogP contribution >= 0.6 is 0 Å². The molecule has 7 rings (SSSR count). The van der Waals surface area contributed by atoms with Crippen LogP contribution in [0, 0.1) is 27.4 Å². The number of sulfonamides is 1. The Balaban J connectivity index is 0.935. The molecule has 1 amide bonds. The van der Waals surface area contributed by atoms with Crippen molar-refractivity contribution in [3.63, 3.8) is 0 Å². The van der Waals surface area contributed by atoms with Crippen LogP contribution in [0.1, 0.15) is 106 Å². The normalized spacial score (nSPS) is 26.8. The van der Waals surface area contributed by atoms with Gasteiger partial charge in [0.05, 0.1) is 34.7 Å². The number of aliphatic hydroxyl groups is 1. The van der Waals surface area contributed by atoms with Crippen LogP contribution in [0.2, 0.25) is 0 Å². The molecule has 0 bridgehead atoms. The molecular formula is C43H57N5O7S. The standard InChI is InChI=1S/C43H57N5O7S/c1-29(2)35-7-5-6-8-36(35)40-28-55-24-23-47(40)39-26-43(30(39)3)19-21-46(22-20-43)33-11-9-32(10-12-33)41(49)45-56(53,54)34-13-14-37(38(25-34)48(51)52)44-27-31-15-17-42(4,50)18-16-31/h5-14,25,29-31,39-40,44,50H,15-24,26-28H2,1-4H3,(H,45,49)/t30-,31?,39-,40-,42?/m0/s1. The van der Waals surface area contributed by atoms with Crippen LogP contribution in [0.15, 0.2) is 71.6 Å². The molecule has 1 spiro atoms. The van der Waals surface area contributed by atoms with Crippen molar-refractivity contribution in [2.24, 2.45) is 17.3 Å². The SMILES string of the molecule is CC(C)c1ccccc1[C@@H]1COCCN1[C@H]1CC2(CCN(c3ccc(C(=O)NS(=O)(=O)c4ccc(NCC5CCC(C)(O)CC5)c([N+](=O)[O-])c4)cc3)CC2)[C@H]1C. The van der Waals surface area contributed by atoms with Crippen molar-refractivity contribution in [2.75, 3.05) is 49.6 Å². The number of benzene rings is 3. The molecule has 3 aromatic rings. The predicted octanol–water partition coefficient (Wildman–Crippen LogP) is 7.26. The van der Waals surface area contributed by atoms with E-state index in [0.717, 1.165) is 70.3 Å². The molecule has 2 aliphatic heterocycles. The molecule has 0 radical (unpaired) electrons. The van der Waals surface area contributed by atoms with Gasteiger partial charge in [0, 0.05) is 49.5 Å². The lowest BCUT2D eigenvalue weighted by atomic mass is 9.53. The summed E-state index contributed by atoms with van der Waals surface area (Å²) >= 11 is 0. The summed E-state index contributed by atoms with van der Waals surface area (Å²) in [5.74, 6) is 0.456. The van der Waals surface area contributed by atoms with E-state index in [0.29, 0.717) is 42.7 Å². The number of morpholine rings is 1. The smallest absolute Gasteiger partial charge is 0.293 e. The van der Waals surface area contributed by atoms with E-state index in [9.17, 15) is 28.4 Å². The summed E-state index contributed by atoms with van der Waals surface area (Å²) in [6.45, 7) is 13.5. The van der Waals surface area contributed by atoms with Gasteiger partial charge in [0.15, 0.2) is 0 Å². The molecule has 4 fully saturated rings. The molecule has 4 aliphatic rings. The Kier molecular flexibility index (Phi) is 11.5. The second-order valence-corrected chi connectivity index (χ2v) is 18.9. The molecule has 56 heavy (non-hydrogen) atoms. The van der Waals surface area contributed by atoms with Crippen molar-refractivity contribution in [1.29, 1.82) is 0 Å². The highest BCUT2D eigenvalue weighted by molar-refractivity contribution is 7.90. The fraction of sp³-hybridized carbons (Fsp3) is 0.558. The van der Waals surface area contributed by atoms with Crippen LogP contribution in [-0.4, -0.2) is 80.3 Å². The highest BCUT2D eigenvalue weighted by Gasteiger charge is 2.55. The quantitative estimate of drug-likeness (QED) is 0.134. The number of carbonyl (C=O) groups excluding carboxylic acids is 1. The zero-order chi connectivity index (χ0) is 39.8. The van der Waals surface area contributed by atoms with Crippen molar-refractivity contribution in [2.45, 2.75) is 101 Å². The van der Waals surface area contributed by atoms with E-state index in [1.54, 1.807) is 12.1 Å². The Morgan fingerprint density at radius 1 is 1.02 bits per heavy atom. The monoisotopic (exact) mass is 787 g/mol. The third kappa shape index (κ3) is 8.32. The molecule has 2 heterocycles. The number of nitrogens with zero attached hydrogens (tertiary/aromatic N) is 3. The lowest BCUT2D eigenvalue weighted by molar-refractivity contribution is -0.384. The van der Waals surface area contributed by atoms with Crippen molar-refractivity contribution in [3.05, 3.63) is 93.5 Å². The molecule has 0 aromatic heterocycles. The van der Waals surface area contributed by atoms with Crippen LogP contribution in [-0.2, 0) is 14.8 Å². The number of nitro groups is 1. The van der Waals surface area contributed by atoms with Gasteiger partial charge < -0.3 is 20.1 Å². The summed E-state index contributed by atoms with van der Waals surface area (Å²) in [5, 5.41) is 25.2. The van der Waals surface area contributed by atoms with Crippen LogP contribution in [0.5, 0.6) is 0 Å². The van der Waals surface area contributed by atoms with Crippen molar-refractivity contribution in [3.8, 4) is 0 Å². The summed E-state index contributed by atoms with van der Waals surface area (Å²) in [4.78, 5) is 29.1. The van der Waals surface area contributed by atoms with Crippen LogP contribution < -0.4 is 14.9 Å². The molecule has 3 atom stereocenters. The number of nitro benzene ring substituents is 1. The Bertz CT molecular complexity index is 2000. The molecule has 2 saturated carbocycles. The van der Waals surface area contributed by atoms with E-state index in [-0.39, 0.29) is 33.8 Å². The van der Waals surface area contributed by atoms with E-state index >= 15 is 0 Å². The molecule has 302 valence electrons. The molecule has 2 aliphatic carbocycles. The van der Waals surface area contributed by atoms with Gasteiger partial charge in [-0.15, -0.1) is 0 Å². The minimum atomic E-state index is -4.39. The van der Waals surface area contributed by atoms with E-state index in [1.807, 2.05) is 19.1 Å². The van der Waals surface area contributed by atoms with Gasteiger partial charge in [0.2, 0.25) is 0 Å². The number of nitrogens with one attached hydrogen (secondary N) is 2. The minimum absolute atomic E-state index is 0.180. The first-order valence-corrected chi connectivity index (χ1v) is 21.7. The van der Waals surface area contributed by atoms with Crippen molar-refractivity contribution in [1.82, 2.24) is 9.62 Å². The van der Waals surface area contributed by atoms with Gasteiger partial charge >= 0.3 is 0 Å². The Hall–Kier alpha value is -4.04. The number of ether oxygens (including phenoxy) is 1. The molecule has 0 unspecified atom stereocenters. The summed E-state index contributed by atoms with van der Waals surface area (Å²) in [6.07, 6.45) is 6.26. The Morgan fingerprint density at radius 2 is 1.71 bits per heavy atom. The highest BCUT2D eigenvalue weighted by atomic mass is 32.2. The second kappa shape index (κ2) is 16.1. The zero-order valence-electron chi connectivity index (χ0n) is 33.1. The van der Waals surface area contributed by atoms with Gasteiger partial charge in [0.25, 0.3) is 21.6 Å². The molecule has 12 nitrogen and oxygen atoms in total. The predicted molar refractivity (Wildman–Crippen MR) is 218 cm³/mol. The average molecular weight is 788 g/mol. The minimum Gasteiger partial charge on any atom is -0.390 e. The van der Waals surface area contributed by atoms with Gasteiger partial charge in [0.1, 0.15) is 5.69 Å². The van der Waals surface area contributed by atoms with E-state index in [1.165, 1.54) is 29.7 Å². The molecular weight excluding hydrogens is 731 g/mol. The number of piperidine rings is 1. The van der Waals surface area contributed by atoms with Gasteiger partial charge in [-0.25, -0.2) is 13.1 Å². The van der Waals surface area contributed by atoms with Crippen molar-refractivity contribution < 1.29 is 28.0 Å². The third-order valence-electron chi connectivity index (χ3n) is 13.5. The topological polar surface area (TPSA) is 154 Å². The van der Waals surface area contributed by atoms with Crippen molar-refractivity contribution >= 4 is 33.0 Å². The fourth-order valence-electron chi connectivity index (χ4n) is 9.72. The first kappa shape index (κ1) is 40.2. The van der Waals surface area contributed by atoms with Gasteiger partial charge in [-0.05, 0) is 123 Å². The largest absolute Gasteiger partial charge is 0.390 e. The Morgan fingerprint density at radius 3 is 2.38 bits per heavy atom. The highest BCUT2D eigenvalue weighted by Crippen LogP contribution is 2.57. The lowest BCUT2D eigenvalue weighted by Gasteiger charge is -2.62. The molecule has 2 saturated heterocycles. The fourth-order valence-corrected chi connectivity index (χ4v) is 10.7. The number of anilines is 2. The number of rotatable bonds is 11. The maximum absolute atomic E-state index is 13.2. The van der Waals surface area contributed by atoms with E-state index in [2.05, 4.69) is 64.9 Å². The maximum Gasteiger partial charge on any atom is 0.293 e. The zero-order valence-corrected chi connectivity index (χ0v) is 33.9. The number of hydrogen-bond acceptors (Lipinski definition) is 10. The van der Waals surface area contributed by atoms with Crippen LogP contribution in [0.4, 0.5) is 17.1 Å². The molecule has 3 aromatic carbocycles. The van der Waals surface area contributed by atoms with E-state index < -0.39 is 26.5 Å². The summed E-state index contributed by atoms with van der Waals surface area (Å²) in [7, 11) is -4.39. The molecule has 13 heteroatoms. The summed E-state index contributed by atoms with van der Waals surface area (Å²) in [5.41, 5.74) is 3.40. The first-order chi connectivity index (χ1) is 26.7. The maximum atomic E-state index is 13.2. The second-order valence-electron chi connectivity index (χ2n) is 17.3. The Labute approximate surface area is 331 Å². The van der Waals surface area contributed by atoms with E-state index in [4.69, 9.17) is 4.74 Å². The van der Waals surface area contributed by atoms with Gasteiger partial charge in [-0.2, -0.15) is 0 Å². The number of carbonyl (C=O) groups is 1. The number of amides is 1. The van der Waals surface area contributed by atoms with Gasteiger partial charge in [-0.3, -0.25) is 19.8 Å². The molecule has 3 N–H and O–H groups in total. The summed E-state index contributed by atoms with van der Waals surface area (Å²) in [6, 6.07) is 20.2. The van der Waals surface area contributed by atoms with Crippen LogP contribution in [0.3, 0.4) is 0 Å². The lowest BCUT2D eigenvalue weighted by Crippen LogP contribution is -2.63. The van der Waals surface area contributed by atoms with Gasteiger partial charge in [-0.1, -0.05) is 45.0 Å². The summed E-state index contributed by atoms with van der Waals surface area (Å²) < 4.78 is 34.6. The first-order valence-electron chi connectivity index (χ1n) is 20.3. The number of hydrogen-bond donors (Lipinski definition) is 3. The van der Waals surface area contributed by atoms with Crippen LogP contribution in [0.25, 0.3) is 0 Å².